The Morgan fingerprint density at radius 1 is 0.826 bits per heavy atom. The van der Waals surface area contributed by atoms with Gasteiger partial charge in [-0.15, -0.1) is 0 Å². The van der Waals surface area contributed by atoms with Crippen molar-refractivity contribution in [2.45, 2.75) is 25.7 Å². The minimum Gasteiger partial charge on any atom is -0.384 e. The molecule has 0 N–H and O–H groups in total. The summed E-state index contributed by atoms with van der Waals surface area (Å²) in [5, 5.41) is 0. The molecule has 3 rings (SSSR count). The largest absolute Gasteiger partial charge is 0.384 e. The van der Waals surface area contributed by atoms with Gasteiger partial charge in [0.1, 0.15) is 0 Å². The van der Waals surface area contributed by atoms with E-state index in [1.165, 1.54) is 36.8 Å². The second kappa shape index (κ2) is 8.11. The second-order valence-corrected chi connectivity index (χ2v) is 6.45. The monoisotopic (exact) mass is 312 g/mol. The quantitative estimate of drug-likeness (QED) is 0.762. The van der Waals surface area contributed by atoms with Crippen LogP contribution in [0.15, 0.2) is 54.9 Å². The van der Waals surface area contributed by atoms with Crippen molar-refractivity contribution in [1.82, 2.24) is 0 Å². The summed E-state index contributed by atoms with van der Waals surface area (Å²) in [5.41, 5.74) is 2.45. The Bertz CT molecular complexity index is 574. The van der Waals surface area contributed by atoms with Crippen LogP contribution >= 0.6 is 0 Å². The second-order valence-electron chi connectivity index (χ2n) is 6.45. The minimum absolute atomic E-state index is 0.671. The van der Waals surface area contributed by atoms with Crippen molar-refractivity contribution < 1.29 is 14.3 Å². The first-order valence-electron chi connectivity index (χ1n) is 8.54. The van der Waals surface area contributed by atoms with Crippen LogP contribution in [0.4, 0.5) is 0 Å². The Morgan fingerprint density at radius 3 is 2.00 bits per heavy atom. The van der Waals surface area contributed by atoms with E-state index in [4.69, 9.17) is 9.57 Å². The summed E-state index contributed by atoms with van der Waals surface area (Å²) in [6.07, 6.45) is 9.02. The van der Waals surface area contributed by atoms with Gasteiger partial charge in [0.25, 0.3) is 0 Å². The molecule has 1 aromatic heterocycles. The molecular formula is C20H26NO2+. The Morgan fingerprint density at radius 2 is 1.39 bits per heavy atom. The van der Waals surface area contributed by atoms with Crippen LogP contribution in [0.5, 0.6) is 0 Å². The highest BCUT2D eigenvalue weighted by molar-refractivity contribution is 5.61. The zero-order chi connectivity index (χ0) is 15.9. The van der Waals surface area contributed by atoms with Gasteiger partial charge in [0, 0.05) is 36.5 Å². The van der Waals surface area contributed by atoms with Crippen molar-refractivity contribution in [3.8, 4) is 11.1 Å². The summed E-state index contributed by atoms with van der Waals surface area (Å²) >= 11 is 0. The number of methoxy groups -OCH3 is 1. The summed E-state index contributed by atoms with van der Waals surface area (Å²) in [4.78, 5) is 5.92. The van der Waals surface area contributed by atoms with E-state index in [-0.39, 0.29) is 0 Å². The standard InChI is InChI=1S/C20H26NO2/c1-22-15-17-7-9-18(10-8-17)16-23-21-13-11-20(12-14-21)19-5-3-2-4-6-19/h2-6,11-14,17-18H,7-10,15-16H2,1H3/q+1. The van der Waals surface area contributed by atoms with E-state index in [0.717, 1.165) is 19.1 Å². The molecular weight excluding hydrogens is 286 g/mol. The first kappa shape index (κ1) is 16.0. The highest BCUT2D eigenvalue weighted by atomic mass is 16.7. The molecule has 1 aromatic carbocycles. The number of nitrogens with zero attached hydrogens (tertiary/aromatic N) is 1. The summed E-state index contributed by atoms with van der Waals surface area (Å²) in [5.74, 6) is 1.42. The van der Waals surface area contributed by atoms with E-state index >= 15 is 0 Å². The van der Waals surface area contributed by atoms with E-state index in [0.29, 0.717) is 5.92 Å². The first-order chi connectivity index (χ1) is 11.3. The molecule has 1 fully saturated rings. The number of rotatable bonds is 6. The van der Waals surface area contributed by atoms with Gasteiger partial charge in [0.05, 0.1) is 0 Å². The lowest BCUT2D eigenvalue weighted by Gasteiger charge is -2.26. The van der Waals surface area contributed by atoms with Gasteiger partial charge in [-0.25, -0.2) is 0 Å². The number of pyridine rings is 1. The molecule has 0 spiro atoms. The van der Waals surface area contributed by atoms with Gasteiger partial charge in [0.2, 0.25) is 12.4 Å². The average molecular weight is 312 g/mol. The van der Waals surface area contributed by atoms with Gasteiger partial charge in [-0.1, -0.05) is 30.3 Å². The maximum Gasteiger partial charge on any atom is 0.223 e. The lowest BCUT2D eigenvalue weighted by Crippen LogP contribution is -2.44. The molecule has 3 heteroatoms. The predicted octanol–water partition coefficient (Wildman–Crippen LogP) is 3.52. The van der Waals surface area contributed by atoms with Crippen LogP contribution in [0, 0.1) is 11.8 Å². The minimum atomic E-state index is 0.671. The number of benzene rings is 1. The van der Waals surface area contributed by atoms with Crippen LogP contribution in [0.3, 0.4) is 0 Å². The number of ether oxygens (including phenoxy) is 1. The Balaban J connectivity index is 1.48. The molecule has 0 radical (unpaired) electrons. The molecule has 1 aliphatic rings. The smallest absolute Gasteiger partial charge is 0.223 e. The predicted molar refractivity (Wildman–Crippen MR) is 90.8 cm³/mol. The van der Waals surface area contributed by atoms with Crippen molar-refractivity contribution in [2.75, 3.05) is 20.3 Å². The maximum absolute atomic E-state index is 5.92. The molecule has 23 heavy (non-hydrogen) atoms. The van der Waals surface area contributed by atoms with E-state index in [1.54, 1.807) is 7.11 Å². The molecule has 0 unspecified atom stereocenters. The van der Waals surface area contributed by atoms with Crippen molar-refractivity contribution in [3.63, 3.8) is 0 Å². The van der Waals surface area contributed by atoms with Gasteiger partial charge >= 0.3 is 0 Å². The third kappa shape index (κ3) is 4.55. The Labute approximate surface area is 138 Å². The van der Waals surface area contributed by atoms with Crippen LogP contribution < -0.4 is 9.57 Å². The summed E-state index contributed by atoms with van der Waals surface area (Å²) in [6.45, 7) is 1.71. The van der Waals surface area contributed by atoms with Crippen molar-refractivity contribution in [3.05, 3.63) is 54.9 Å². The van der Waals surface area contributed by atoms with Crippen LogP contribution in [-0.2, 0) is 4.74 Å². The molecule has 2 aromatic rings. The summed E-state index contributed by atoms with van der Waals surface area (Å²) < 4.78 is 7.09. The highest BCUT2D eigenvalue weighted by Crippen LogP contribution is 2.28. The zero-order valence-corrected chi connectivity index (χ0v) is 13.9. The molecule has 0 atom stereocenters. The number of hydrogen-bond donors (Lipinski definition) is 0. The first-order valence-corrected chi connectivity index (χ1v) is 8.54. The van der Waals surface area contributed by atoms with E-state index in [1.807, 2.05) is 23.2 Å². The SMILES string of the molecule is COCC1CCC(CO[n+]2ccc(-c3ccccc3)cc2)CC1. The van der Waals surface area contributed by atoms with E-state index < -0.39 is 0 Å². The van der Waals surface area contributed by atoms with E-state index in [2.05, 4.69) is 36.4 Å². The molecule has 0 bridgehead atoms. The normalized spacial score (nSPS) is 21.1. The molecule has 122 valence electrons. The van der Waals surface area contributed by atoms with Crippen LogP contribution in [0.25, 0.3) is 11.1 Å². The van der Waals surface area contributed by atoms with Crippen molar-refractivity contribution in [1.29, 1.82) is 0 Å². The number of aromatic nitrogens is 1. The maximum atomic E-state index is 5.92. The Hall–Kier alpha value is -1.87. The molecule has 1 saturated carbocycles. The fourth-order valence-corrected chi connectivity index (χ4v) is 3.31. The fourth-order valence-electron chi connectivity index (χ4n) is 3.31. The molecule has 0 amide bonds. The zero-order valence-electron chi connectivity index (χ0n) is 13.9. The lowest BCUT2D eigenvalue weighted by atomic mass is 9.83. The van der Waals surface area contributed by atoms with Gasteiger partial charge in [-0.2, -0.15) is 0 Å². The third-order valence-electron chi connectivity index (χ3n) is 4.74. The van der Waals surface area contributed by atoms with Gasteiger partial charge in [-0.05, 0) is 42.7 Å². The topological polar surface area (TPSA) is 22.3 Å². The third-order valence-corrected chi connectivity index (χ3v) is 4.74. The van der Waals surface area contributed by atoms with Gasteiger partial charge in [0.15, 0.2) is 6.61 Å². The Kier molecular flexibility index (Phi) is 5.65. The van der Waals surface area contributed by atoms with Crippen LogP contribution in [-0.4, -0.2) is 20.3 Å². The molecule has 3 nitrogen and oxygen atoms in total. The summed E-state index contributed by atoms with van der Waals surface area (Å²) in [7, 11) is 1.80. The molecule has 0 saturated heterocycles. The molecule has 1 aliphatic carbocycles. The van der Waals surface area contributed by atoms with Crippen molar-refractivity contribution in [2.24, 2.45) is 11.8 Å². The summed E-state index contributed by atoms with van der Waals surface area (Å²) in [6, 6.07) is 14.6. The lowest BCUT2D eigenvalue weighted by molar-refractivity contribution is -0.892. The van der Waals surface area contributed by atoms with Crippen LogP contribution in [0.1, 0.15) is 25.7 Å². The van der Waals surface area contributed by atoms with E-state index in [9.17, 15) is 0 Å². The number of hydrogen-bond acceptors (Lipinski definition) is 2. The van der Waals surface area contributed by atoms with Crippen molar-refractivity contribution >= 4 is 0 Å². The highest BCUT2D eigenvalue weighted by Gasteiger charge is 2.22. The van der Waals surface area contributed by atoms with Gasteiger partial charge in [-0.3, -0.25) is 4.84 Å². The average Bonchev–Trinajstić information content (AvgIpc) is 2.63. The molecule has 1 heterocycles. The fraction of sp³-hybridized carbons (Fsp3) is 0.450. The van der Waals surface area contributed by atoms with Gasteiger partial charge < -0.3 is 4.74 Å². The molecule has 0 aliphatic heterocycles. The van der Waals surface area contributed by atoms with Crippen LogP contribution in [0.2, 0.25) is 0 Å².